The van der Waals surface area contributed by atoms with Gasteiger partial charge in [0.05, 0.1) is 22.5 Å². The van der Waals surface area contributed by atoms with Crippen molar-refractivity contribution in [2.75, 3.05) is 0 Å². The van der Waals surface area contributed by atoms with E-state index < -0.39 is 10.8 Å². The van der Waals surface area contributed by atoms with E-state index in [1.807, 2.05) is 35.8 Å². The van der Waals surface area contributed by atoms with Crippen molar-refractivity contribution in [3.05, 3.63) is 69.0 Å². The van der Waals surface area contributed by atoms with E-state index in [4.69, 9.17) is 11.6 Å². The van der Waals surface area contributed by atoms with Crippen LogP contribution in [0.25, 0.3) is 11.0 Å². The van der Waals surface area contributed by atoms with E-state index in [9.17, 15) is 14.9 Å². The number of nitro benzene ring substituents is 1. The van der Waals surface area contributed by atoms with Crippen LogP contribution in [0.4, 0.5) is 5.69 Å². The number of hydrogen-bond donors (Lipinski definition) is 1. The van der Waals surface area contributed by atoms with Crippen LogP contribution in [0.3, 0.4) is 0 Å². The van der Waals surface area contributed by atoms with Gasteiger partial charge in [-0.1, -0.05) is 23.7 Å². The summed E-state index contributed by atoms with van der Waals surface area (Å²) in [6.45, 7) is 2.86. The van der Waals surface area contributed by atoms with Crippen molar-refractivity contribution in [1.82, 2.24) is 14.9 Å². The van der Waals surface area contributed by atoms with Gasteiger partial charge in [-0.2, -0.15) is 0 Å². The summed E-state index contributed by atoms with van der Waals surface area (Å²) in [7, 11) is 0. The molecule has 0 bridgehead atoms. The predicted octanol–water partition coefficient (Wildman–Crippen LogP) is 3.55. The van der Waals surface area contributed by atoms with Gasteiger partial charge >= 0.3 is 0 Å². The van der Waals surface area contributed by atoms with Gasteiger partial charge in [-0.3, -0.25) is 14.9 Å². The molecule has 0 unspecified atom stereocenters. The number of amides is 1. The number of aryl methyl sites for hydroxylation is 1. The summed E-state index contributed by atoms with van der Waals surface area (Å²) in [5, 5.41) is 14.0. The summed E-state index contributed by atoms with van der Waals surface area (Å²) in [5.41, 5.74) is 1.46. The molecule has 0 aliphatic carbocycles. The van der Waals surface area contributed by atoms with Crippen LogP contribution in [0, 0.1) is 10.1 Å². The number of carbonyl (C=O) groups excluding carboxylic acids is 1. The van der Waals surface area contributed by atoms with Crippen LogP contribution in [-0.2, 0) is 13.1 Å². The molecule has 2 aromatic carbocycles. The van der Waals surface area contributed by atoms with E-state index in [1.54, 1.807) is 0 Å². The zero-order valence-electron chi connectivity index (χ0n) is 13.4. The molecule has 7 nitrogen and oxygen atoms in total. The van der Waals surface area contributed by atoms with E-state index in [2.05, 4.69) is 10.3 Å². The molecule has 0 aliphatic rings. The van der Waals surface area contributed by atoms with Crippen LogP contribution in [-0.4, -0.2) is 20.4 Å². The number of para-hydroxylation sites is 2. The molecule has 3 rings (SSSR count). The van der Waals surface area contributed by atoms with Crippen molar-refractivity contribution in [1.29, 1.82) is 0 Å². The van der Waals surface area contributed by atoms with Gasteiger partial charge in [0, 0.05) is 17.6 Å². The number of imidazole rings is 1. The monoisotopic (exact) mass is 358 g/mol. The number of rotatable bonds is 5. The lowest BCUT2D eigenvalue weighted by Gasteiger charge is -2.08. The van der Waals surface area contributed by atoms with E-state index in [0.717, 1.165) is 17.1 Å². The fourth-order valence-electron chi connectivity index (χ4n) is 2.72. The van der Waals surface area contributed by atoms with Crippen molar-refractivity contribution in [3.63, 3.8) is 0 Å². The first-order valence-electron chi connectivity index (χ1n) is 7.67. The van der Waals surface area contributed by atoms with E-state index in [0.29, 0.717) is 12.4 Å². The molecule has 3 aromatic rings. The quantitative estimate of drug-likeness (QED) is 0.557. The molecule has 0 aliphatic heterocycles. The lowest BCUT2D eigenvalue weighted by atomic mass is 10.1. The van der Waals surface area contributed by atoms with E-state index in [1.165, 1.54) is 12.1 Å². The maximum Gasteiger partial charge on any atom is 0.283 e. The molecule has 0 fully saturated rings. The molecule has 0 radical (unpaired) electrons. The van der Waals surface area contributed by atoms with Crippen LogP contribution in [0.2, 0.25) is 5.02 Å². The molecule has 1 aromatic heterocycles. The Labute approximate surface area is 148 Å². The number of hydrogen-bond acceptors (Lipinski definition) is 4. The SMILES string of the molecule is CCn1c(CNC(=O)c2ccc(Cl)cc2[N+](=O)[O-])nc2ccccc21. The Hall–Kier alpha value is -2.93. The average molecular weight is 359 g/mol. The number of carbonyl (C=O) groups is 1. The molecule has 0 atom stereocenters. The highest BCUT2D eigenvalue weighted by molar-refractivity contribution is 6.31. The third-order valence-corrected chi connectivity index (χ3v) is 4.09. The fourth-order valence-corrected chi connectivity index (χ4v) is 2.88. The number of aromatic nitrogens is 2. The van der Waals surface area contributed by atoms with Gasteiger partial charge < -0.3 is 9.88 Å². The summed E-state index contributed by atoms with van der Waals surface area (Å²) in [6.07, 6.45) is 0. The maximum absolute atomic E-state index is 12.4. The zero-order valence-corrected chi connectivity index (χ0v) is 14.2. The molecule has 0 spiro atoms. The van der Waals surface area contributed by atoms with E-state index in [-0.39, 0.29) is 22.8 Å². The van der Waals surface area contributed by atoms with Crippen LogP contribution >= 0.6 is 11.6 Å². The first-order chi connectivity index (χ1) is 12.0. The number of fused-ring (bicyclic) bond motifs is 1. The molecule has 128 valence electrons. The highest BCUT2D eigenvalue weighted by Gasteiger charge is 2.21. The van der Waals surface area contributed by atoms with Gasteiger partial charge in [0.25, 0.3) is 11.6 Å². The number of halogens is 1. The first-order valence-corrected chi connectivity index (χ1v) is 8.05. The smallest absolute Gasteiger partial charge is 0.283 e. The summed E-state index contributed by atoms with van der Waals surface area (Å²) in [6, 6.07) is 11.6. The van der Waals surface area contributed by atoms with Gasteiger partial charge in [0.1, 0.15) is 11.4 Å². The van der Waals surface area contributed by atoms with Gasteiger partial charge in [-0.25, -0.2) is 4.98 Å². The van der Waals surface area contributed by atoms with Crippen molar-refractivity contribution < 1.29 is 9.72 Å². The number of nitro groups is 1. The van der Waals surface area contributed by atoms with Crippen LogP contribution in [0.15, 0.2) is 42.5 Å². The average Bonchev–Trinajstić information content (AvgIpc) is 2.97. The predicted molar refractivity (Wildman–Crippen MR) is 94.7 cm³/mol. The number of nitrogens with zero attached hydrogens (tertiary/aromatic N) is 3. The van der Waals surface area contributed by atoms with Gasteiger partial charge in [-0.15, -0.1) is 0 Å². The third-order valence-electron chi connectivity index (χ3n) is 3.86. The molecule has 1 heterocycles. The van der Waals surface area contributed by atoms with Crippen LogP contribution in [0.1, 0.15) is 23.1 Å². The Morgan fingerprint density at radius 1 is 1.32 bits per heavy atom. The normalized spacial score (nSPS) is 10.8. The molecule has 0 saturated heterocycles. The van der Waals surface area contributed by atoms with Gasteiger partial charge in [0.15, 0.2) is 0 Å². The summed E-state index contributed by atoms with van der Waals surface area (Å²) < 4.78 is 1.99. The summed E-state index contributed by atoms with van der Waals surface area (Å²) >= 11 is 5.77. The summed E-state index contributed by atoms with van der Waals surface area (Å²) in [5.74, 6) is 0.145. The third kappa shape index (κ3) is 3.32. The minimum atomic E-state index is -0.623. The zero-order chi connectivity index (χ0) is 18.0. The molecule has 1 amide bonds. The Morgan fingerprint density at radius 2 is 2.08 bits per heavy atom. The second-order valence-electron chi connectivity index (χ2n) is 5.36. The Morgan fingerprint density at radius 3 is 2.80 bits per heavy atom. The van der Waals surface area contributed by atoms with Crippen molar-refractivity contribution >= 4 is 34.2 Å². The molecule has 1 N–H and O–H groups in total. The molecule has 8 heteroatoms. The fraction of sp³-hybridized carbons (Fsp3) is 0.176. The largest absolute Gasteiger partial charge is 0.345 e. The van der Waals surface area contributed by atoms with Crippen molar-refractivity contribution in [2.24, 2.45) is 0 Å². The molecule has 25 heavy (non-hydrogen) atoms. The molecular formula is C17H15ClN4O3. The Bertz CT molecular complexity index is 968. The second kappa shape index (κ2) is 6.90. The standard InChI is InChI=1S/C17H15ClN4O3/c1-2-21-14-6-4-3-5-13(14)20-16(21)10-19-17(23)12-8-7-11(18)9-15(12)22(24)25/h3-9H,2,10H2,1H3,(H,19,23). The highest BCUT2D eigenvalue weighted by Crippen LogP contribution is 2.23. The number of nitrogens with one attached hydrogen (secondary N) is 1. The Kier molecular flexibility index (Phi) is 4.67. The minimum Gasteiger partial charge on any atom is -0.345 e. The lowest BCUT2D eigenvalue weighted by molar-refractivity contribution is -0.385. The first kappa shape index (κ1) is 16.9. The highest BCUT2D eigenvalue weighted by atomic mass is 35.5. The molecule has 0 saturated carbocycles. The Balaban J connectivity index is 1.85. The minimum absolute atomic E-state index is 0.0337. The topological polar surface area (TPSA) is 90.1 Å². The summed E-state index contributed by atoms with van der Waals surface area (Å²) in [4.78, 5) is 27.4. The van der Waals surface area contributed by atoms with Crippen LogP contribution < -0.4 is 5.32 Å². The van der Waals surface area contributed by atoms with E-state index >= 15 is 0 Å². The van der Waals surface area contributed by atoms with Gasteiger partial charge in [-0.05, 0) is 31.2 Å². The van der Waals surface area contributed by atoms with Crippen molar-refractivity contribution in [3.8, 4) is 0 Å². The lowest BCUT2D eigenvalue weighted by Crippen LogP contribution is -2.25. The molecular weight excluding hydrogens is 344 g/mol. The number of benzene rings is 2. The van der Waals surface area contributed by atoms with Crippen LogP contribution in [0.5, 0.6) is 0 Å². The maximum atomic E-state index is 12.4. The second-order valence-corrected chi connectivity index (χ2v) is 5.80. The van der Waals surface area contributed by atoms with Crippen molar-refractivity contribution in [2.45, 2.75) is 20.0 Å². The van der Waals surface area contributed by atoms with Gasteiger partial charge in [0.2, 0.25) is 0 Å².